The molecule has 3 nitrogen and oxygen atoms in total. The minimum atomic E-state index is -4.50. The number of hydrogen-bond acceptors (Lipinski definition) is 2. The Hall–Kier alpha value is -2.52. The van der Waals surface area contributed by atoms with Gasteiger partial charge in [-0.1, -0.05) is 29.5 Å². The molecule has 1 atom stereocenters. The van der Waals surface area contributed by atoms with E-state index in [0.29, 0.717) is 16.1 Å². The van der Waals surface area contributed by atoms with Crippen LogP contribution in [0.1, 0.15) is 28.5 Å². The largest absolute Gasteiger partial charge is 0.408 e. The van der Waals surface area contributed by atoms with E-state index in [-0.39, 0.29) is 5.69 Å². The maximum atomic E-state index is 12.4. The predicted octanol–water partition coefficient (Wildman–Crippen LogP) is 3.82. The number of benzene rings is 1. The van der Waals surface area contributed by atoms with Crippen LogP contribution < -0.4 is 5.32 Å². The van der Waals surface area contributed by atoms with Crippen molar-refractivity contribution in [3.8, 4) is 11.8 Å². The van der Waals surface area contributed by atoms with E-state index < -0.39 is 18.1 Å². The Morgan fingerprint density at radius 3 is 2.50 bits per heavy atom. The van der Waals surface area contributed by atoms with E-state index in [0.717, 1.165) is 6.92 Å². The molecule has 0 saturated heterocycles. The van der Waals surface area contributed by atoms with Gasteiger partial charge in [0.1, 0.15) is 11.7 Å². The molecule has 24 heavy (non-hydrogen) atoms. The number of carbonyl (C=O) groups excluding carboxylic acids is 1. The molecule has 0 aliphatic rings. The molecule has 1 N–H and O–H groups in total. The Labute approximate surface area is 141 Å². The van der Waals surface area contributed by atoms with Crippen molar-refractivity contribution in [3.05, 3.63) is 64.4 Å². The second kappa shape index (κ2) is 7.37. The fourth-order valence-corrected chi connectivity index (χ4v) is 1.86. The summed E-state index contributed by atoms with van der Waals surface area (Å²) in [5.74, 6) is 4.82. The standard InChI is InChI=1S/C17H12ClF3N2O/c1-11(17(19,20)21)23-16(24)15-8-7-13(10-22-15)6-5-12-3-2-4-14(18)9-12/h2-4,7-11H,1H3,(H,23,24). The van der Waals surface area contributed by atoms with Crippen molar-refractivity contribution in [2.24, 2.45) is 0 Å². The Kier molecular flexibility index (Phi) is 5.47. The van der Waals surface area contributed by atoms with E-state index >= 15 is 0 Å². The number of amides is 1. The molecule has 1 aromatic carbocycles. The van der Waals surface area contributed by atoms with Crippen molar-refractivity contribution in [1.29, 1.82) is 0 Å². The number of alkyl halides is 3. The lowest BCUT2D eigenvalue weighted by Gasteiger charge is -2.16. The van der Waals surface area contributed by atoms with Crippen LogP contribution in [0.5, 0.6) is 0 Å². The summed E-state index contributed by atoms with van der Waals surface area (Å²) in [5, 5.41) is 2.40. The molecule has 1 aromatic heterocycles. The Morgan fingerprint density at radius 2 is 1.92 bits per heavy atom. The molecule has 0 spiro atoms. The third-order valence-corrected chi connectivity index (χ3v) is 3.25. The SMILES string of the molecule is CC(NC(=O)c1ccc(C#Cc2cccc(Cl)c2)cn1)C(F)(F)F. The van der Waals surface area contributed by atoms with E-state index in [1.165, 1.54) is 18.3 Å². The summed E-state index contributed by atoms with van der Waals surface area (Å²) in [6, 6.07) is 7.85. The molecule has 0 aliphatic carbocycles. The fraction of sp³-hybridized carbons (Fsp3) is 0.176. The van der Waals surface area contributed by atoms with Gasteiger partial charge in [-0.25, -0.2) is 4.98 Å². The fourth-order valence-electron chi connectivity index (χ4n) is 1.67. The second-order valence-corrected chi connectivity index (χ2v) is 5.37. The molecule has 0 aliphatic heterocycles. The van der Waals surface area contributed by atoms with Crippen LogP contribution in [0, 0.1) is 11.8 Å². The first kappa shape index (κ1) is 17.8. The van der Waals surface area contributed by atoms with Gasteiger partial charge in [0.2, 0.25) is 0 Å². The van der Waals surface area contributed by atoms with Crippen LogP contribution in [0.3, 0.4) is 0 Å². The monoisotopic (exact) mass is 352 g/mol. The van der Waals surface area contributed by atoms with E-state index in [1.54, 1.807) is 24.3 Å². The van der Waals surface area contributed by atoms with Gasteiger partial charge < -0.3 is 5.32 Å². The lowest BCUT2D eigenvalue weighted by molar-refractivity contribution is -0.149. The average molecular weight is 353 g/mol. The molecule has 124 valence electrons. The first-order chi connectivity index (χ1) is 11.3. The lowest BCUT2D eigenvalue weighted by Crippen LogP contribution is -2.43. The van der Waals surface area contributed by atoms with Crippen LogP contribution in [0.15, 0.2) is 42.6 Å². The first-order valence-electron chi connectivity index (χ1n) is 6.87. The summed E-state index contributed by atoms with van der Waals surface area (Å²) in [6.45, 7) is 0.864. The molecule has 0 fully saturated rings. The zero-order valence-electron chi connectivity index (χ0n) is 12.5. The van der Waals surface area contributed by atoms with Crippen molar-refractivity contribution in [1.82, 2.24) is 10.3 Å². The van der Waals surface area contributed by atoms with E-state index in [2.05, 4.69) is 16.8 Å². The minimum Gasteiger partial charge on any atom is -0.339 e. The Morgan fingerprint density at radius 1 is 1.21 bits per heavy atom. The van der Waals surface area contributed by atoms with Gasteiger partial charge in [0.15, 0.2) is 0 Å². The summed E-state index contributed by atoms with van der Waals surface area (Å²) in [7, 11) is 0. The number of nitrogens with one attached hydrogen (secondary N) is 1. The number of aromatic nitrogens is 1. The van der Waals surface area contributed by atoms with Gasteiger partial charge in [-0.05, 0) is 37.3 Å². The van der Waals surface area contributed by atoms with Crippen LogP contribution in [-0.2, 0) is 0 Å². The highest BCUT2D eigenvalue weighted by Crippen LogP contribution is 2.19. The highest BCUT2D eigenvalue weighted by atomic mass is 35.5. The zero-order valence-corrected chi connectivity index (χ0v) is 13.2. The van der Waals surface area contributed by atoms with Gasteiger partial charge in [0.25, 0.3) is 5.91 Å². The average Bonchev–Trinajstić information content (AvgIpc) is 2.52. The van der Waals surface area contributed by atoms with Gasteiger partial charge in [-0.3, -0.25) is 4.79 Å². The van der Waals surface area contributed by atoms with Crippen LogP contribution in [0.4, 0.5) is 13.2 Å². The summed E-state index contributed by atoms with van der Waals surface area (Å²) in [5.41, 5.74) is 1.12. The lowest BCUT2D eigenvalue weighted by atomic mass is 10.2. The van der Waals surface area contributed by atoms with Crippen LogP contribution in [-0.4, -0.2) is 23.1 Å². The minimum absolute atomic E-state index is 0.112. The van der Waals surface area contributed by atoms with Crippen molar-refractivity contribution >= 4 is 17.5 Å². The summed E-state index contributed by atoms with van der Waals surface area (Å²) < 4.78 is 37.2. The molecule has 1 amide bonds. The normalized spacial score (nSPS) is 12.0. The maximum Gasteiger partial charge on any atom is 0.408 e. The first-order valence-corrected chi connectivity index (χ1v) is 7.25. The predicted molar refractivity (Wildman–Crippen MR) is 84.7 cm³/mol. The van der Waals surface area contributed by atoms with Crippen LogP contribution in [0.2, 0.25) is 5.02 Å². The number of pyridine rings is 1. The van der Waals surface area contributed by atoms with E-state index in [4.69, 9.17) is 11.6 Å². The molecule has 1 unspecified atom stereocenters. The molecule has 0 saturated carbocycles. The third kappa shape index (κ3) is 5.00. The molecule has 0 radical (unpaired) electrons. The summed E-state index contributed by atoms with van der Waals surface area (Å²) in [4.78, 5) is 15.5. The van der Waals surface area contributed by atoms with Crippen molar-refractivity contribution < 1.29 is 18.0 Å². The van der Waals surface area contributed by atoms with Crippen LogP contribution >= 0.6 is 11.6 Å². The van der Waals surface area contributed by atoms with Gasteiger partial charge in [0, 0.05) is 22.3 Å². The topological polar surface area (TPSA) is 42.0 Å². The Bertz CT molecular complexity index is 792. The van der Waals surface area contributed by atoms with Gasteiger partial charge in [-0.15, -0.1) is 0 Å². The number of hydrogen-bond donors (Lipinski definition) is 1. The van der Waals surface area contributed by atoms with Crippen molar-refractivity contribution in [2.75, 3.05) is 0 Å². The molecule has 0 bridgehead atoms. The van der Waals surface area contributed by atoms with Gasteiger partial charge in [-0.2, -0.15) is 13.2 Å². The maximum absolute atomic E-state index is 12.4. The molecular formula is C17H12ClF3N2O. The van der Waals surface area contributed by atoms with E-state index in [9.17, 15) is 18.0 Å². The molecule has 1 heterocycles. The number of halogens is 4. The van der Waals surface area contributed by atoms with Gasteiger partial charge >= 0.3 is 6.18 Å². The second-order valence-electron chi connectivity index (χ2n) is 4.93. The number of nitrogens with zero attached hydrogens (tertiary/aromatic N) is 1. The van der Waals surface area contributed by atoms with Crippen molar-refractivity contribution in [3.63, 3.8) is 0 Å². The highest BCUT2D eigenvalue weighted by Gasteiger charge is 2.37. The zero-order chi connectivity index (χ0) is 17.7. The smallest absolute Gasteiger partial charge is 0.339 e. The third-order valence-electron chi connectivity index (χ3n) is 3.01. The highest BCUT2D eigenvalue weighted by molar-refractivity contribution is 6.30. The summed E-state index contributed by atoms with van der Waals surface area (Å²) >= 11 is 5.85. The van der Waals surface area contributed by atoms with Crippen LogP contribution in [0.25, 0.3) is 0 Å². The quantitative estimate of drug-likeness (QED) is 0.835. The van der Waals surface area contributed by atoms with E-state index in [1.807, 2.05) is 5.32 Å². The summed E-state index contributed by atoms with van der Waals surface area (Å²) in [6.07, 6.45) is -3.18. The molecule has 2 aromatic rings. The Balaban J connectivity index is 2.07. The molecule has 7 heteroatoms. The molecule has 2 rings (SSSR count). The van der Waals surface area contributed by atoms with Gasteiger partial charge in [0.05, 0.1) is 0 Å². The van der Waals surface area contributed by atoms with Crippen molar-refractivity contribution in [2.45, 2.75) is 19.1 Å². The number of carbonyl (C=O) groups is 1. The molecular weight excluding hydrogens is 341 g/mol. The number of rotatable bonds is 2.